The second-order valence-corrected chi connectivity index (χ2v) is 9.38. The highest BCUT2D eigenvalue weighted by Gasteiger charge is 2.52. The van der Waals surface area contributed by atoms with Crippen LogP contribution in [-0.4, -0.2) is 71.2 Å². The first-order valence-corrected chi connectivity index (χ1v) is 10.9. The van der Waals surface area contributed by atoms with Crippen LogP contribution in [0.1, 0.15) is 25.7 Å². The van der Waals surface area contributed by atoms with Crippen LogP contribution in [0.3, 0.4) is 0 Å². The number of carbonyl (C=O) groups excluding carboxylic acids is 4. The summed E-state index contributed by atoms with van der Waals surface area (Å²) in [6, 6.07) is 0.0167. The number of hydrogen-bond acceptors (Lipinski definition) is 8. The summed E-state index contributed by atoms with van der Waals surface area (Å²) < 4.78 is 36.3. The average Bonchev–Trinajstić information content (AvgIpc) is 3.17. The number of unbranched alkanes of at least 4 members (excludes halogenated alkanes) is 1. The van der Waals surface area contributed by atoms with Crippen LogP contribution in [0.25, 0.3) is 0 Å². The maximum absolute atomic E-state index is 11.9. The summed E-state index contributed by atoms with van der Waals surface area (Å²) in [5, 5.41) is 5.54. The molecule has 0 radical (unpaired) electrons. The smallest absolute Gasteiger partial charge is 0.315 e. The van der Waals surface area contributed by atoms with Gasteiger partial charge in [0, 0.05) is 17.4 Å². The third-order valence-corrected chi connectivity index (χ3v) is 7.29. The second kappa shape index (κ2) is 7.64. The number of esters is 1. The van der Waals surface area contributed by atoms with E-state index in [0.29, 0.717) is 12.8 Å². The lowest BCUT2D eigenvalue weighted by atomic mass is 10.0. The molecule has 4 amide bonds. The molecule has 5 atom stereocenters. The van der Waals surface area contributed by atoms with Crippen LogP contribution in [-0.2, 0) is 29.2 Å². The zero-order valence-electron chi connectivity index (χ0n) is 14.0. The number of nitrogens with one attached hydrogen (secondary N) is 3. The molecule has 0 spiro atoms. The van der Waals surface area contributed by atoms with E-state index < -0.39 is 39.3 Å². The Kier molecular flexibility index (Phi) is 5.63. The van der Waals surface area contributed by atoms with Gasteiger partial charge in [0.1, 0.15) is 0 Å². The summed E-state index contributed by atoms with van der Waals surface area (Å²) in [5.41, 5.74) is 0. The fourth-order valence-electron chi connectivity index (χ4n) is 3.40. The molecule has 0 aromatic heterocycles. The lowest BCUT2D eigenvalue weighted by Gasteiger charge is -2.16. The minimum atomic E-state index is -4.88. The highest BCUT2D eigenvalue weighted by atomic mass is 32.2. The average molecular weight is 421 g/mol. The van der Waals surface area contributed by atoms with Gasteiger partial charge in [0.2, 0.25) is 11.4 Å². The molecule has 3 saturated heterocycles. The first kappa shape index (κ1) is 19.9. The van der Waals surface area contributed by atoms with Crippen molar-refractivity contribution in [2.45, 2.75) is 54.4 Å². The molecule has 0 bridgehead atoms. The van der Waals surface area contributed by atoms with Gasteiger partial charge in [-0.3, -0.25) is 24.3 Å². The standard InChI is InChI=1S/C14H19N3O8S2/c18-8(25-10-11(27(22,23)24)13(20)17-12(10)19)4-2-1-3-7-9-6(5-26-7)15-14(21)16-9/h6-7,9-11H,1-5H2,(H2,15,16,21)(H,17,19,20)(H,22,23,24)/t6-,7-,9-,10?,11?/m0/s1. The van der Waals surface area contributed by atoms with Crippen molar-refractivity contribution < 1.29 is 36.9 Å². The predicted octanol–water partition coefficient (Wildman–Crippen LogP) is -1.46. The van der Waals surface area contributed by atoms with Crippen molar-refractivity contribution in [2.75, 3.05) is 5.75 Å². The Morgan fingerprint density at radius 1 is 1.19 bits per heavy atom. The van der Waals surface area contributed by atoms with Crippen molar-refractivity contribution in [2.24, 2.45) is 0 Å². The number of rotatable bonds is 7. The molecule has 3 aliphatic rings. The summed E-state index contributed by atoms with van der Waals surface area (Å²) in [4.78, 5) is 46.2. The van der Waals surface area contributed by atoms with Gasteiger partial charge in [0.05, 0.1) is 12.1 Å². The molecule has 0 aliphatic carbocycles. The van der Waals surface area contributed by atoms with Crippen molar-refractivity contribution in [3.05, 3.63) is 0 Å². The summed E-state index contributed by atoms with van der Waals surface area (Å²) >= 11 is 1.75. The highest BCUT2D eigenvalue weighted by Crippen LogP contribution is 2.33. The largest absolute Gasteiger partial charge is 0.450 e. The molecule has 11 nitrogen and oxygen atoms in total. The molecule has 3 rings (SSSR count). The minimum absolute atomic E-state index is 0.0632. The van der Waals surface area contributed by atoms with Crippen molar-refractivity contribution in [1.82, 2.24) is 16.0 Å². The molecule has 0 aromatic carbocycles. The highest BCUT2D eigenvalue weighted by molar-refractivity contribution is 8.00. The fraction of sp³-hybridized carbons (Fsp3) is 0.714. The topological polar surface area (TPSA) is 168 Å². The number of urea groups is 1. The lowest BCUT2D eigenvalue weighted by molar-refractivity contribution is -0.153. The van der Waals surface area contributed by atoms with Gasteiger partial charge in [-0.25, -0.2) is 4.79 Å². The van der Waals surface area contributed by atoms with Crippen LogP contribution < -0.4 is 16.0 Å². The molecular formula is C14H19N3O8S2. The summed E-state index contributed by atoms with van der Waals surface area (Å²) in [6.07, 6.45) is -0.0637. The van der Waals surface area contributed by atoms with E-state index in [9.17, 15) is 27.6 Å². The third-order valence-electron chi connectivity index (χ3n) is 4.68. The minimum Gasteiger partial charge on any atom is -0.450 e. The van der Waals surface area contributed by atoms with E-state index in [1.807, 2.05) is 0 Å². The van der Waals surface area contributed by atoms with E-state index >= 15 is 0 Å². The van der Waals surface area contributed by atoms with E-state index in [2.05, 4.69) is 10.6 Å². The van der Waals surface area contributed by atoms with E-state index in [-0.39, 0.29) is 29.8 Å². The molecule has 3 heterocycles. The Morgan fingerprint density at radius 2 is 1.93 bits per heavy atom. The van der Waals surface area contributed by atoms with Crippen LogP contribution in [0.2, 0.25) is 0 Å². The van der Waals surface area contributed by atoms with Gasteiger partial charge in [-0.1, -0.05) is 6.42 Å². The molecule has 3 aliphatic heterocycles. The zero-order chi connectivity index (χ0) is 19.8. The lowest BCUT2D eigenvalue weighted by Crippen LogP contribution is -2.39. The van der Waals surface area contributed by atoms with E-state index in [1.54, 1.807) is 17.1 Å². The third kappa shape index (κ3) is 4.35. The quantitative estimate of drug-likeness (QED) is 0.126. The fourth-order valence-corrected chi connectivity index (χ4v) is 5.77. The summed E-state index contributed by atoms with van der Waals surface area (Å²) in [6.45, 7) is 0. The summed E-state index contributed by atoms with van der Waals surface area (Å²) in [7, 11) is -4.88. The molecule has 4 N–H and O–H groups in total. The van der Waals surface area contributed by atoms with Gasteiger partial charge in [-0.15, -0.1) is 0 Å². The molecule has 150 valence electrons. The molecule has 0 saturated carbocycles. The van der Waals surface area contributed by atoms with Gasteiger partial charge >= 0.3 is 12.0 Å². The maximum Gasteiger partial charge on any atom is 0.315 e. The molecular weight excluding hydrogens is 402 g/mol. The van der Waals surface area contributed by atoms with Gasteiger partial charge in [0.25, 0.3) is 21.9 Å². The van der Waals surface area contributed by atoms with Gasteiger partial charge in [-0.05, 0) is 12.8 Å². The normalized spacial score (nSPS) is 32.6. The van der Waals surface area contributed by atoms with Gasteiger partial charge in [-0.2, -0.15) is 20.2 Å². The van der Waals surface area contributed by atoms with E-state index in [0.717, 1.165) is 12.2 Å². The van der Waals surface area contributed by atoms with E-state index in [4.69, 9.17) is 9.29 Å². The van der Waals surface area contributed by atoms with Crippen molar-refractivity contribution in [1.29, 1.82) is 0 Å². The van der Waals surface area contributed by atoms with Crippen molar-refractivity contribution in [3.63, 3.8) is 0 Å². The molecule has 27 heavy (non-hydrogen) atoms. The number of fused-ring (bicyclic) bond motifs is 1. The number of carbonyl (C=O) groups is 4. The van der Waals surface area contributed by atoms with Crippen molar-refractivity contribution in [3.8, 4) is 0 Å². The molecule has 3 fully saturated rings. The molecule has 2 unspecified atom stereocenters. The van der Waals surface area contributed by atoms with Crippen LogP contribution in [0.5, 0.6) is 0 Å². The zero-order valence-corrected chi connectivity index (χ0v) is 15.7. The van der Waals surface area contributed by atoms with Gasteiger partial charge < -0.3 is 15.4 Å². The van der Waals surface area contributed by atoms with Crippen LogP contribution in [0.15, 0.2) is 0 Å². The van der Waals surface area contributed by atoms with Crippen molar-refractivity contribution >= 4 is 45.7 Å². The first-order valence-electron chi connectivity index (χ1n) is 8.36. The number of hydrogen-bond donors (Lipinski definition) is 4. The Hall–Kier alpha value is -1.86. The van der Waals surface area contributed by atoms with Crippen LogP contribution in [0.4, 0.5) is 4.79 Å². The van der Waals surface area contributed by atoms with Crippen LogP contribution in [0, 0.1) is 0 Å². The van der Waals surface area contributed by atoms with Crippen LogP contribution >= 0.6 is 11.8 Å². The van der Waals surface area contributed by atoms with E-state index in [1.165, 1.54) is 0 Å². The number of ether oxygens (including phenoxy) is 1. The Bertz CT molecular complexity index is 770. The molecule has 13 heteroatoms. The Morgan fingerprint density at radius 3 is 2.63 bits per heavy atom. The summed E-state index contributed by atoms with van der Waals surface area (Å²) in [5.74, 6) is -2.29. The Labute approximate surface area is 159 Å². The predicted molar refractivity (Wildman–Crippen MR) is 92.3 cm³/mol. The monoisotopic (exact) mass is 421 g/mol. The number of thioether (sulfide) groups is 1. The molecule has 0 aromatic rings. The SMILES string of the molecule is O=C1N[C@H]2[C@H](CS[C@H]2CCCCC(=O)OC2C(=O)NC(=O)C2S(=O)(=O)O)N1. The van der Waals surface area contributed by atoms with Gasteiger partial charge in [0.15, 0.2) is 0 Å². The second-order valence-electron chi connectivity index (χ2n) is 6.57. The number of imide groups is 1. The first-order chi connectivity index (χ1) is 12.7. The maximum atomic E-state index is 11.9. The number of amides is 4. The Balaban J connectivity index is 1.43.